The van der Waals surface area contributed by atoms with Crippen molar-refractivity contribution in [2.24, 2.45) is 0 Å². The molecular weight excluding hydrogens is 254 g/mol. The van der Waals surface area contributed by atoms with E-state index in [0.717, 1.165) is 5.69 Å². The smallest absolute Gasteiger partial charge is 0.255 e. The van der Waals surface area contributed by atoms with Crippen molar-refractivity contribution < 1.29 is 9.53 Å². The van der Waals surface area contributed by atoms with Crippen LogP contribution in [0.2, 0.25) is 5.02 Å². The molecule has 94 valence electrons. The van der Waals surface area contributed by atoms with Crippen molar-refractivity contribution in [3.63, 3.8) is 0 Å². The second-order valence-corrected chi connectivity index (χ2v) is 4.04. The Bertz CT molecular complexity index is 540. The number of imidazole rings is 1. The van der Waals surface area contributed by atoms with Crippen molar-refractivity contribution in [3.8, 4) is 5.75 Å². The lowest BCUT2D eigenvalue weighted by Crippen LogP contribution is -2.23. The van der Waals surface area contributed by atoms with Gasteiger partial charge in [-0.2, -0.15) is 0 Å². The lowest BCUT2D eigenvalue weighted by molar-refractivity contribution is 0.0947. The molecule has 2 rings (SSSR count). The van der Waals surface area contributed by atoms with Crippen LogP contribution < -0.4 is 10.1 Å². The second kappa shape index (κ2) is 5.55. The lowest BCUT2D eigenvalue weighted by atomic mass is 10.2. The molecule has 1 aromatic carbocycles. The van der Waals surface area contributed by atoms with E-state index in [1.807, 2.05) is 0 Å². The van der Waals surface area contributed by atoms with Gasteiger partial charge in [-0.05, 0) is 18.2 Å². The van der Waals surface area contributed by atoms with Crippen LogP contribution in [0.3, 0.4) is 0 Å². The molecule has 5 nitrogen and oxygen atoms in total. The Morgan fingerprint density at radius 3 is 3.06 bits per heavy atom. The first kappa shape index (κ1) is 12.4. The van der Waals surface area contributed by atoms with Crippen LogP contribution in [-0.2, 0) is 6.54 Å². The zero-order chi connectivity index (χ0) is 13.0. The summed E-state index contributed by atoms with van der Waals surface area (Å²) in [7, 11) is 1.50. The second-order valence-electron chi connectivity index (χ2n) is 3.60. The maximum Gasteiger partial charge on any atom is 0.255 e. The van der Waals surface area contributed by atoms with Crippen LogP contribution in [0, 0.1) is 0 Å². The summed E-state index contributed by atoms with van der Waals surface area (Å²) in [6.45, 7) is 0.380. The number of hydrogen-bond donors (Lipinski definition) is 2. The summed E-state index contributed by atoms with van der Waals surface area (Å²) in [5.41, 5.74) is 1.28. The van der Waals surface area contributed by atoms with E-state index in [0.29, 0.717) is 22.9 Å². The molecule has 0 unspecified atom stereocenters. The highest BCUT2D eigenvalue weighted by atomic mass is 35.5. The number of carbonyl (C=O) groups excluding carboxylic acids is 1. The molecule has 0 spiro atoms. The first-order valence-electron chi connectivity index (χ1n) is 5.29. The van der Waals surface area contributed by atoms with Gasteiger partial charge >= 0.3 is 0 Å². The van der Waals surface area contributed by atoms with Crippen LogP contribution in [-0.4, -0.2) is 23.0 Å². The Morgan fingerprint density at radius 1 is 1.56 bits per heavy atom. The van der Waals surface area contributed by atoms with Crippen molar-refractivity contribution in [2.45, 2.75) is 6.54 Å². The third kappa shape index (κ3) is 2.81. The monoisotopic (exact) mass is 265 g/mol. The summed E-state index contributed by atoms with van der Waals surface area (Å²) in [6.07, 6.45) is 3.21. The van der Waals surface area contributed by atoms with E-state index in [-0.39, 0.29) is 5.91 Å². The van der Waals surface area contributed by atoms with Gasteiger partial charge in [0, 0.05) is 11.2 Å². The van der Waals surface area contributed by atoms with Crippen molar-refractivity contribution in [2.75, 3.05) is 7.11 Å². The molecule has 0 radical (unpaired) electrons. The fraction of sp³-hybridized carbons (Fsp3) is 0.167. The predicted octanol–water partition coefficient (Wildman–Crippen LogP) is 2.00. The fourth-order valence-electron chi connectivity index (χ4n) is 1.50. The van der Waals surface area contributed by atoms with Crippen LogP contribution in [0.4, 0.5) is 0 Å². The Labute approximate surface area is 109 Å². The SMILES string of the molecule is COc1cc(Cl)ccc1C(=O)NCc1cnc[nH]1. The maximum atomic E-state index is 12.0. The largest absolute Gasteiger partial charge is 0.496 e. The predicted molar refractivity (Wildman–Crippen MR) is 67.8 cm³/mol. The highest BCUT2D eigenvalue weighted by Crippen LogP contribution is 2.22. The molecule has 0 atom stereocenters. The first-order chi connectivity index (χ1) is 8.70. The number of nitrogens with one attached hydrogen (secondary N) is 2. The van der Waals surface area contributed by atoms with Crippen molar-refractivity contribution in [1.82, 2.24) is 15.3 Å². The molecule has 1 heterocycles. The summed E-state index contributed by atoms with van der Waals surface area (Å²) >= 11 is 5.83. The average molecular weight is 266 g/mol. The number of methoxy groups -OCH3 is 1. The third-order valence-corrected chi connectivity index (χ3v) is 2.64. The van der Waals surface area contributed by atoms with Crippen LogP contribution in [0.1, 0.15) is 16.1 Å². The van der Waals surface area contributed by atoms with Gasteiger partial charge in [0.25, 0.3) is 5.91 Å². The van der Waals surface area contributed by atoms with Gasteiger partial charge in [-0.1, -0.05) is 11.6 Å². The van der Waals surface area contributed by atoms with Crippen molar-refractivity contribution >= 4 is 17.5 Å². The fourth-order valence-corrected chi connectivity index (χ4v) is 1.67. The number of aromatic amines is 1. The molecule has 18 heavy (non-hydrogen) atoms. The van der Waals surface area contributed by atoms with E-state index in [4.69, 9.17) is 16.3 Å². The van der Waals surface area contributed by atoms with E-state index >= 15 is 0 Å². The summed E-state index contributed by atoms with van der Waals surface area (Å²) in [5, 5.41) is 3.29. The Kier molecular flexibility index (Phi) is 3.84. The molecule has 0 aliphatic heterocycles. The molecule has 1 aromatic heterocycles. The molecule has 0 saturated heterocycles. The lowest BCUT2D eigenvalue weighted by Gasteiger charge is -2.09. The number of aromatic nitrogens is 2. The normalized spacial score (nSPS) is 10.1. The van der Waals surface area contributed by atoms with Gasteiger partial charge in [0.1, 0.15) is 5.75 Å². The van der Waals surface area contributed by atoms with Crippen LogP contribution in [0.15, 0.2) is 30.7 Å². The molecule has 0 bridgehead atoms. The van der Waals surface area contributed by atoms with E-state index in [9.17, 15) is 4.79 Å². The summed E-state index contributed by atoms with van der Waals surface area (Å²) in [6, 6.07) is 4.88. The molecular formula is C12H12ClN3O2. The average Bonchev–Trinajstić information content (AvgIpc) is 2.88. The van der Waals surface area contributed by atoms with Gasteiger partial charge < -0.3 is 15.0 Å². The van der Waals surface area contributed by atoms with Crippen LogP contribution in [0.5, 0.6) is 5.75 Å². The molecule has 2 aromatic rings. The highest BCUT2D eigenvalue weighted by molar-refractivity contribution is 6.30. The number of rotatable bonds is 4. The van der Waals surface area contributed by atoms with E-state index in [1.165, 1.54) is 7.11 Å². The minimum absolute atomic E-state index is 0.224. The third-order valence-electron chi connectivity index (χ3n) is 2.40. The Balaban J connectivity index is 2.09. The molecule has 0 fully saturated rings. The molecule has 0 saturated carbocycles. The van der Waals surface area contributed by atoms with E-state index in [2.05, 4.69) is 15.3 Å². The number of nitrogens with zero attached hydrogens (tertiary/aromatic N) is 1. The Morgan fingerprint density at radius 2 is 2.39 bits per heavy atom. The molecule has 0 aliphatic carbocycles. The van der Waals surface area contributed by atoms with Gasteiger partial charge in [0.2, 0.25) is 0 Å². The summed E-state index contributed by atoms with van der Waals surface area (Å²) in [4.78, 5) is 18.7. The van der Waals surface area contributed by atoms with E-state index in [1.54, 1.807) is 30.7 Å². The molecule has 2 N–H and O–H groups in total. The van der Waals surface area contributed by atoms with Crippen molar-refractivity contribution in [3.05, 3.63) is 47.0 Å². The highest BCUT2D eigenvalue weighted by Gasteiger charge is 2.12. The van der Waals surface area contributed by atoms with Gasteiger partial charge in [-0.15, -0.1) is 0 Å². The topological polar surface area (TPSA) is 67.0 Å². The van der Waals surface area contributed by atoms with Gasteiger partial charge in [-0.3, -0.25) is 4.79 Å². The van der Waals surface area contributed by atoms with E-state index < -0.39 is 0 Å². The number of ether oxygens (including phenoxy) is 1. The number of halogens is 1. The summed E-state index contributed by atoms with van der Waals surface area (Å²) in [5.74, 6) is 0.225. The van der Waals surface area contributed by atoms with Crippen molar-refractivity contribution in [1.29, 1.82) is 0 Å². The molecule has 6 heteroatoms. The zero-order valence-electron chi connectivity index (χ0n) is 9.74. The first-order valence-corrected chi connectivity index (χ1v) is 5.67. The Hall–Kier alpha value is -2.01. The molecule has 1 amide bonds. The van der Waals surface area contributed by atoms with Gasteiger partial charge in [0.15, 0.2) is 0 Å². The summed E-state index contributed by atoms with van der Waals surface area (Å²) < 4.78 is 5.12. The standard InChI is InChI=1S/C12H12ClN3O2/c1-18-11-4-8(13)2-3-10(11)12(17)15-6-9-5-14-7-16-9/h2-5,7H,6H2,1H3,(H,14,16)(H,15,17). The number of amides is 1. The van der Waals surface area contributed by atoms with Gasteiger partial charge in [0.05, 0.1) is 31.2 Å². The van der Waals surface area contributed by atoms with Crippen LogP contribution >= 0.6 is 11.6 Å². The van der Waals surface area contributed by atoms with Gasteiger partial charge in [-0.25, -0.2) is 4.98 Å². The maximum absolute atomic E-state index is 12.0. The zero-order valence-corrected chi connectivity index (χ0v) is 10.5. The minimum atomic E-state index is -0.224. The van der Waals surface area contributed by atoms with Crippen LogP contribution in [0.25, 0.3) is 0 Å². The number of benzene rings is 1. The number of H-pyrrole nitrogens is 1. The number of hydrogen-bond acceptors (Lipinski definition) is 3. The minimum Gasteiger partial charge on any atom is -0.496 e. The quantitative estimate of drug-likeness (QED) is 0.889. The number of carbonyl (C=O) groups is 1. The molecule has 0 aliphatic rings.